The lowest BCUT2D eigenvalue weighted by Gasteiger charge is -2.37. The molecule has 0 aliphatic carbocycles. The van der Waals surface area contributed by atoms with Gasteiger partial charge in [-0.1, -0.05) is 91.0 Å². The molecule has 0 radical (unpaired) electrons. The van der Waals surface area contributed by atoms with Crippen LogP contribution in [0.2, 0.25) is 0 Å². The monoisotopic (exact) mass is 360 g/mol. The highest BCUT2D eigenvalue weighted by Gasteiger charge is 2.52. The van der Waals surface area contributed by atoms with Crippen LogP contribution in [0, 0.1) is 0 Å². The summed E-state index contributed by atoms with van der Waals surface area (Å²) in [7, 11) is 0. The number of esters is 1. The molecule has 0 heterocycles. The first-order chi connectivity index (χ1) is 13.1. The number of hydrogen-bond acceptors (Lipinski definition) is 3. The third-order valence-electron chi connectivity index (χ3n) is 4.58. The Balaban J connectivity index is 2.36. The lowest BCUT2D eigenvalue weighted by molar-refractivity contribution is -0.158. The second-order valence-corrected chi connectivity index (χ2v) is 6.25. The summed E-state index contributed by atoms with van der Waals surface area (Å²) in [6, 6.07) is 26.8. The molecule has 0 fully saturated rings. The Morgan fingerprint density at radius 2 is 1.19 bits per heavy atom. The van der Waals surface area contributed by atoms with Gasteiger partial charge in [-0.15, -0.1) is 0 Å². The van der Waals surface area contributed by atoms with Crippen molar-refractivity contribution < 1.29 is 19.4 Å². The third-order valence-corrected chi connectivity index (χ3v) is 4.58. The number of carbonyl (C=O) groups excluding carboxylic acids is 1. The maximum Gasteiger partial charge on any atom is 0.322 e. The number of rotatable bonds is 6. The second kappa shape index (κ2) is 7.87. The second-order valence-electron chi connectivity index (χ2n) is 6.25. The third kappa shape index (κ3) is 3.47. The summed E-state index contributed by atoms with van der Waals surface area (Å²) in [5, 5.41) is 10.5. The molecule has 0 aliphatic rings. The van der Waals surface area contributed by atoms with E-state index in [1.807, 2.05) is 18.2 Å². The molecule has 0 aliphatic heterocycles. The van der Waals surface area contributed by atoms with Crippen molar-refractivity contribution in [3.63, 3.8) is 0 Å². The van der Waals surface area contributed by atoms with Gasteiger partial charge in [-0.3, -0.25) is 9.59 Å². The van der Waals surface area contributed by atoms with Crippen molar-refractivity contribution in [1.29, 1.82) is 0 Å². The Bertz CT molecular complexity index is 865. The van der Waals surface area contributed by atoms with Gasteiger partial charge >= 0.3 is 11.9 Å². The van der Waals surface area contributed by atoms with Gasteiger partial charge in [-0.05, 0) is 16.7 Å². The van der Waals surface area contributed by atoms with Crippen LogP contribution < -0.4 is 0 Å². The normalized spacial score (nSPS) is 12.2. The van der Waals surface area contributed by atoms with Crippen molar-refractivity contribution in [3.05, 3.63) is 108 Å². The smallest absolute Gasteiger partial charge is 0.322 e. The van der Waals surface area contributed by atoms with E-state index in [2.05, 4.69) is 0 Å². The van der Waals surface area contributed by atoms with Crippen molar-refractivity contribution in [1.82, 2.24) is 0 Å². The van der Waals surface area contributed by atoms with Gasteiger partial charge in [0.2, 0.25) is 0 Å². The number of hydrogen-bond donors (Lipinski definition) is 1. The fourth-order valence-corrected chi connectivity index (χ4v) is 3.43. The predicted molar refractivity (Wildman–Crippen MR) is 102 cm³/mol. The van der Waals surface area contributed by atoms with Crippen LogP contribution in [0.5, 0.6) is 0 Å². The zero-order valence-electron chi connectivity index (χ0n) is 14.9. The lowest BCUT2D eigenvalue weighted by atomic mass is 9.68. The van der Waals surface area contributed by atoms with Gasteiger partial charge in [0, 0.05) is 6.92 Å². The summed E-state index contributed by atoms with van der Waals surface area (Å²) >= 11 is 0. The fraction of sp³-hybridized carbons (Fsp3) is 0.130. The molecule has 0 aromatic heterocycles. The van der Waals surface area contributed by atoms with Crippen molar-refractivity contribution in [3.8, 4) is 0 Å². The molecule has 0 saturated heterocycles. The molecule has 1 N–H and O–H groups in total. The lowest BCUT2D eigenvalue weighted by Crippen LogP contribution is -2.44. The Hall–Kier alpha value is -3.40. The summed E-state index contributed by atoms with van der Waals surface area (Å²) < 4.78 is 5.65. The molecule has 136 valence electrons. The average molecular weight is 360 g/mol. The highest BCUT2D eigenvalue weighted by molar-refractivity contribution is 5.88. The zero-order valence-corrected chi connectivity index (χ0v) is 14.9. The number of carbonyl (C=O) groups is 2. The minimum atomic E-state index is -1.59. The first kappa shape index (κ1) is 18.4. The van der Waals surface area contributed by atoms with Gasteiger partial charge in [0.05, 0.1) is 0 Å². The molecular formula is C23H20O4. The molecule has 3 aromatic carbocycles. The first-order valence-electron chi connectivity index (χ1n) is 8.63. The maximum atomic E-state index is 12.8. The number of carboxylic acids is 1. The van der Waals surface area contributed by atoms with Crippen LogP contribution in [-0.4, -0.2) is 17.0 Å². The van der Waals surface area contributed by atoms with E-state index in [9.17, 15) is 14.7 Å². The van der Waals surface area contributed by atoms with E-state index in [1.54, 1.807) is 72.8 Å². The number of aliphatic carboxylic acids is 1. The fourth-order valence-electron chi connectivity index (χ4n) is 3.43. The van der Waals surface area contributed by atoms with E-state index >= 15 is 0 Å². The van der Waals surface area contributed by atoms with E-state index < -0.39 is 23.5 Å². The molecule has 0 unspecified atom stereocenters. The van der Waals surface area contributed by atoms with Gasteiger partial charge in [0.15, 0.2) is 11.5 Å². The molecular weight excluding hydrogens is 340 g/mol. The van der Waals surface area contributed by atoms with Crippen LogP contribution in [-0.2, 0) is 19.7 Å². The zero-order chi connectivity index (χ0) is 19.3. The van der Waals surface area contributed by atoms with Crippen LogP contribution in [0.1, 0.15) is 29.7 Å². The molecule has 1 atom stereocenters. The average Bonchev–Trinajstić information content (AvgIpc) is 2.69. The van der Waals surface area contributed by atoms with E-state index in [4.69, 9.17) is 4.74 Å². The van der Waals surface area contributed by atoms with Crippen LogP contribution >= 0.6 is 0 Å². The molecule has 4 heteroatoms. The van der Waals surface area contributed by atoms with E-state index in [1.165, 1.54) is 6.92 Å². The van der Waals surface area contributed by atoms with Crippen LogP contribution in [0.25, 0.3) is 0 Å². The van der Waals surface area contributed by atoms with Gasteiger partial charge in [0.1, 0.15) is 0 Å². The van der Waals surface area contributed by atoms with Gasteiger partial charge in [-0.25, -0.2) is 0 Å². The Labute approximate surface area is 158 Å². The van der Waals surface area contributed by atoms with Crippen molar-refractivity contribution >= 4 is 11.9 Å². The molecule has 0 spiro atoms. The largest absolute Gasteiger partial charge is 0.480 e. The van der Waals surface area contributed by atoms with Crippen LogP contribution in [0.3, 0.4) is 0 Å². The Morgan fingerprint density at radius 3 is 1.56 bits per heavy atom. The minimum Gasteiger partial charge on any atom is -0.480 e. The standard InChI is InChI=1S/C23H20O4/c1-17(24)27-21(18-11-5-2-6-12-18)23(22(25)26,19-13-7-3-8-14-19)20-15-9-4-10-16-20/h2-16,21H,1H3,(H,25,26)/t21-/m1/s1. The number of benzene rings is 3. The molecule has 0 saturated carbocycles. The Morgan fingerprint density at radius 1 is 0.778 bits per heavy atom. The summed E-state index contributed by atoms with van der Waals surface area (Å²) in [5.74, 6) is -1.63. The van der Waals surface area contributed by atoms with E-state index in [0.29, 0.717) is 16.7 Å². The van der Waals surface area contributed by atoms with Gasteiger partial charge < -0.3 is 9.84 Å². The molecule has 27 heavy (non-hydrogen) atoms. The molecule has 3 rings (SSSR count). The van der Waals surface area contributed by atoms with E-state index in [0.717, 1.165) is 0 Å². The molecule has 0 bridgehead atoms. The number of ether oxygens (including phenoxy) is 1. The minimum absolute atomic E-state index is 0.540. The molecule has 4 nitrogen and oxygen atoms in total. The van der Waals surface area contributed by atoms with Crippen molar-refractivity contribution in [2.24, 2.45) is 0 Å². The Kier molecular flexibility index (Phi) is 5.36. The van der Waals surface area contributed by atoms with Crippen LogP contribution in [0.15, 0.2) is 91.0 Å². The summed E-state index contributed by atoms with van der Waals surface area (Å²) in [6.07, 6.45) is -1.03. The predicted octanol–water partition coefficient (Wildman–Crippen LogP) is 4.36. The number of carboxylic acid groups (broad SMARTS) is 1. The quantitative estimate of drug-likeness (QED) is 0.663. The summed E-state index contributed by atoms with van der Waals surface area (Å²) in [5.41, 5.74) is 0.107. The molecule has 3 aromatic rings. The molecule has 0 amide bonds. The van der Waals surface area contributed by atoms with Crippen LogP contribution in [0.4, 0.5) is 0 Å². The maximum absolute atomic E-state index is 12.8. The van der Waals surface area contributed by atoms with Crippen molar-refractivity contribution in [2.45, 2.75) is 18.4 Å². The van der Waals surface area contributed by atoms with Crippen molar-refractivity contribution in [2.75, 3.05) is 0 Å². The topological polar surface area (TPSA) is 63.6 Å². The highest BCUT2D eigenvalue weighted by atomic mass is 16.5. The first-order valence-corrected chi connectivity index (χ1v) is 8.63. The summed E-state index contributed by atoms with van der Waals surface area (Å²) in [6.45, 7) is 1.29. The highest BCUT2D eigenvalue weighted by Crippen LogP contribution is 2.45. The van der Waals surface area contributed by atoms with E-state index in [-0.39, 0.29) is 0 Å². The van der Waals surface area contributed by atoms with Gasteiger partial charge in [-0.2, -0.15) is 0 Å². The SMILES string of the molecule is CC(=O)O[C@H](c1ccccc1)C(C(=O)O)(c1ccccc1)c1ccccc1. The summed E-state index contributed by atoms with van der Waals surface area (Å²) in [4.78, 5) is 24.8. The van der Waals surface area contributed by atoms with Gasteiger partial charge in [0.25, 0.3) is 0 Å².